The number of nitro groups is 1. The molecule has 0 unspecified atom stereocenters. The number of nitro benzene ring substituents is 1. The fourth-order valence-electron chi connectivity index (χ4n) is 4.11. The first-order valence-corrected chi connectivity index (χ1v) is 10.3. The number of hydrogen-bond donors (Lipinski definition) is 1. The standard InChI is InChI=1S/C22H23N3O7/c1-11(2)16-9-18(32-23-16)15-8-17-19(12(3)26)21(27)24(17)20(15)22(28)31-10-13-4-6-14(7-5-13)25(29)30/h4-7,9,11-12,17,19,26H,8,10H2,1-3H3/t12-,17-,19-/m1/s1. The van der Waals surface area contributed by atoms with Crippen LogP contribution in [0.4, 0.5) is 5.69 Å². The van der Waals surface area contributed by atoms with Crippen molar-refractivity contribution >= 4 is 23.1 Å². The monoisotopic (exact) mass is 441 g/mol. The Morgan fingerprint density at radius 2 is 2.03 bits per heavy atom. The largest absolute Gasteiger partial charge is 0.456 e. The predicted octanol–water partition coefficient (Wildman–Crippen LogP) is 2.77. The van der Waals surface area contributed by atoms with Crippen LogP contribution in [0.5, 0.6) is 0 Å². The van der Waals surface area contributed by atoms with Crippen molar-refractivity contribution in [3.63, 3.8) is 0 Å². The molecule has 0 radical (unpaired) electrons. The molecule has 1 aromatic heterocycles. The van der Waals surface area contributed by atoms with Crippen LogP contribution in [-0.2, 0) is 20.9 Å². The number of hydrogen-bond acceptors (Lipinski definition) is 8. The third kappa shape index (κ3) is 3.66. The molecule has 4 rings (SSSR count). The molecule has 3 atom stereocenters. The van der Waals surface area contributed by atoms with E-state index in [9.17, 15) is 24.8 Å². The maximum atomic E-state index is 13.0. The van der Waals surface area contributed by atoms with E-state index in [-0.39, 0.29) is 35.9 Å². The summed E-state index contributed by atoms with van der Waals surface area (Å²) in [6.45, 7) is 5.36. The number of nitrogens with zero attached hydrogens (tertiary/aromatic N) is 3. The predicted molar refractivity (Wildman–Crippen MR) is 111 cm³/mol. The van der Waals surface area contributed by atoms with Crippen molar-refractivity contribution in [2.24, 2.45) is 5.92 Å². The van der Waals surface area contributed by atoms with Gasteiger partial charge in [-0.1, -0.05) is 19.0 Å². The molecule has 32 heavy (non-hydrogen) atoms. The lowest BCUT2D eigenvalue weighted by atomic mass is 9.83. The molecule has 10 nitrogen and oxygen atoms in total. The number of ether oxygens (including phenoxy) is 1. The van der Waals surface area contributed by atoms with Crippen molar-refractivity contribution in [1.82, 2.24) is 10.1 Å². The zero-order valence-electron chi connectivity index (χ0n) is 17.8. The number of esters is 1. The lowest BCUT2D eigenvalue weighted by Gasteiger charge is -2.44. The van der Waals surface area contributed by atoms with E-state index < -0.39 is 22.9 Å². The summed E-state index contributed by atoms with van der Waals surface area (Å²) in [4.78, 5) is 37.3. The molecule has 0 spiro atoms. The third-order valence-corrected chi connectivity index (χ3v) is 5.86. The van der Waals surface area contributed by atoms with Gasteiger partial charge in [-0.2, -0.15) is 0 Å². The van der Waals surface area contributed by atoms with E-state index in [1.807, 2.05) is 13.8 Å². The van der Waals surface area contributed by atoms with Crippen LogP contribution in [0.2, 0.25) is 0 Å². The Bertz CT molecular complexity index is 1100. The first-order chi connectivity index (χ1) is 15.2. The second-order valence-electron chi connectivity index (χ2n) is 8.34. The Balaban J connectivity index is 1.59. The molecule has 1 aromatic carbocycles. The van der Waals surface area contributed by atoms with E-state index in [4.69, 9.17) is 9.26 Å². The van der Waals surface area contributed by atoms with Gasteiger partial charge in [-0.05, 0) is 30.5 Å². The first-order valence-electron chi connectivity index (χ1n) is 10.3. The minimum atomic E-state index is -0.846. The summed E-state index contributed by atoms with van der Waals surface area (Å²) in [5.74, 6) is -1.14. The Kier molecular flexibility index (Phi) is 5.55. The van der Waals surface area contributed by atoms with Crippen LogP contribution >= 0.6 is 0 Å². The van der Waals surface area contributed by atoms with E-state index in [1.165, 1.54) is 29.2 Å². The molecule has 2 aliphatic heterocycles. The summed E-state index contributed by atoms with van der Waals surface area (Å²) in [5.41, 5.74) is 1.83. The fourth-order valence-corrected chi connectivity index (χ4v) is 4.11. The molecule has 1 fully saturated rings. The van der Waals surface area contributed by atoms with Gasteiger partial charge in [0, 0.05) is 30.2 Å². The van der Waals surface area contributed by atoms with Crippen LogP contribution in [0.1, 0.15) is 50.1 Å². The molecule has 0 aliphatic carbocycles. The van der Waals surface area contributed by atoms with Crippen LogP contribution in [0.25, 0.3) is 5.57 Å². The number of non-ortho nitro benzene ring substituents is 1. The number of carbonyl (C=O) groups excluding carboxylic acids is 2. The SMILES string of the molecule is CC(C)c1cc(C2=C(C(=O)OCc3ccc([N+](=O)[O-])cc3)N3C(=O)[C@H]([C@@H](C)O)[C@H]3C2)on1. The quantitative estimate of drug-likeness (QED) is 0.300. The molecular formula is C22H23N3O7. The van der Waals surface area contributed by atoms with Crippen molar-refractivity contribution in [3.8, 4) is 0 Å². The van der Waals surface area contributed by atoms with Crippen molar-refractivity contribution in [2.45, 2.75) is 51.9 Å². The van der Waals surface area contributed by atoms with Crippen molar-refractivity contribution < 1.29 is 28.9 Å². The van der Waals surface area contributed by atoms with E-state index in [1.54, 1.807) is 13.0 Å². The molecular weight excluding hydrogens is 418 g/mol. The fraction of sp³-hybridized carbons (Fsp3) is 0.409. The van der Waals surface area contributed by atoms with Crippen LogP contribution < -0.4 is 0 Å². The maximum Gasteiger partial charge on any atom is 0.355 e. The normalized spacial score (nSPS) is 20.9. The molecule has 1 saturated heterocycles. The zero-order valence-corrected chi connectivity index (χ0v) is 17.8. The summed E-state index contributed by atoms with van der Waals surface area (Å²) >= 11 is 0. The van der Waals surface area contributed by atoms with Crippen LogP contribution in [0, 0.1) is 16.0 Å². The number of aliphatic hydroxyl groups is 1. The van der Waals surface area contributed by atoms with Crippen molar-refractivity contribution in [1.29, 1.82) is 0 Å². The number of fused-ring (bicyclic) bond motifs is 1. The summed E-state index contributed by atoms with van der Waals surface area (Å²) in [7, 11) is 0. The summed E-state index contributed by atoms with van der Waals surface area (Å²) in [6.07, 6.45) is -0.503. The molecule has 0 bridgehead atoms. The van der Waals surface area contributed by atoms with Crippen LogP contribution in [-0.4, -0.2) is 44.1 Å². The summed E-state index contributed by atoms with van der Waals surface area (Å²) < 4.78 is 10.9. The van der Waals surface area contributed by atoms with Gasteiger partial charge in [0.2, 0.25) is 5.91 Å². The number of amides is 1. The Labute approximate surface area is 183 Å². The van der Waals surface area contributed by atoms with E-state index >= 15 is 0 Å². The minimum Gasteiger partial charge on any atom is -0.456 e. The van der Waals surface area contributed by atoms with Gasteiger partial charge in [0.1, 0.15) is 12.3 Å². The lowest BCUT2D eigenvalue weighted by molar-refractivity contribution is -0.384. The van der Waals surface area contributed by atoms with Gasteiger partial charge >= 0.3 is 5.97 Å². The Hall–Kier alpha value is -3.53. The molecule has 3 heterocycles. The summed E-state index contributed by atoms with van der Waals surface area (Å²) in [5, 5.41) is 24.8. The number of aliphatic hydroxyl groups excluding tert-OH is 1. The van der Waals surface area contributed by atoms with E-state index in [0.29, 0.717) is 23.3 Å². The number of rotatable bonds is 7. The molecule has 1 amide bonds. The minimum absolute atomic E-state index is 0.0645. The van der Waals surface area contributed by atoms with E-state index in [0.717, 1.165) is 5.69 Å². The Morgan fingerprint density at radius 1 is 1.34 bits per heavy atom. The third-order valence-electron chi connectivity index (χ3n) is 5.86. The molecule has 2 aromatic rings. The van der Waals surface area contributed by atoms with Gasteiger partial charge in [-0.25, -0.2) is 4.79 Å². The topological polar surface area (TPSA) is 136 Å². The smallest absolute Gasteiger partial charge is 0.355 e. The average Bonchev–Trinajstić information content (AvgIpc) is 3.35. The Morgan fingerprint density at radius 3 is 2.59 bits per heavy atom. The van der Waals surface area contributed by atoms with Crippen LogP contribution in [0.3, 0.4) is 0 Å². The highest BCUT2D eigenvalue weighted by molar-refractivity contribution is 6.06. The van der Waals surface area contributed by atoms with Crippen molar-refractivity contribution in [2.75, 3.05) is 0 Å². The highest BCUT2D eigenvalue weighted by Crippen LogP contribution is 2.47. The average molecular weight is 441 g/mol. The highest BCUT2D eigenvalue weighted by Gasteiger charge is 2.57. The van der Waals surface area contributed by atoms with Gasteiger partial charge in [0.25, 0.3) is 5.69 Å². The van der Waals surface area contributed by atoms with Gasteiger partial charge < -0.3 is 19.3 Å². The first kappa shape index (κ1) is 21.7. The molecule has 1 N–H and O–H groups in total. The number of β-lactam (4-membered cyclic amide) rings is 1. The molecule has 2 aliphatic rings. The summed E-state index contributed by atoms with van der Waals surface area (Å²) in [6, 6.07) is 7.05. The maximum absolute atomic E-state index is 13.0. The lowest BCUT2D eigenvalue weighted by Crippen LogP contribution is -2.61. The number of benzene rings is 1. The van der Waals surface area contributed by atoms with Gasteiger partial charge in [-0.15, -0.1) is 0 Å². The second-order valence-corrected chi connectivity index (χ2v) is 8.34. The van der Waals surface area contributed by atoms with Gasteiger partial charge in [0.05, 0.1) is 28.7 Å². The molecule has 0 saturated carbocycles. The van der Waals surface area contributed by atoms with Crippen molar-refractivity contribution in [3.05, 3.63) is 63.2 Å². The highest BCUT2D eigenvalue weighted by atomic mass is 16.6. The number of carbonyl (C=O) groups is 2. The molecule has 168 valence electrons. The van der Waals surface area contributed by atoms with Gasteiger partial charge in [0.15, 0.2) is 5.76 Å². The zero-order chi connectivity index (χ0) is 23.2. The van der Waals surface area contributed by atoms with Crippen LogP contribution in [0.15, 0.2) is 40.6 Å². The second kappa shape index (κ2) is 8.19. The molecule has 10 heteroatoms. The van der Waals surface area contributed by atoms with Gasteiger partial charge in [-0.3, -0.25) is 14.9 Å². The van der Waals surface area contributed by atoms with E-state index in [2.05, 4.69) is 5.16 Å². The number of aromatic nitrogens is 1.